The number of nitrogens with zero attached hydrogens (tertiary/aromatic N) is 3. The molecule has 1 amide bonds. The average molecular weight is 291 g/mol. The highest BCUT2D eigenvalue weighted by Gasteiger charge is 2.20. The van der Waals surface area contributed by atoms with Crippen molar-refractivity contribution in [2.75, 3.05) is 18.4 Å². The van der Waals surface area contributed by atoms with Crippen LogP contribution in [0, 0.1) is 11.3 Å². The topological polar surface area (TPSA) is 69.0 Å². The number of amides is 1. The van der Waals surface area contributed by atoms with Gasteiger partial charge in [-0.15, -0.1) is 0 Å². The van der Waals surface area contributed by atoms with Gasteiger partial charge in [0.15, 0.2) is 5.15 Å². The Bertz CT molecular complexity index is 559. The lowest BCUT2D eigenvalue weighted by Crippen LogP contribution is -2.36. The van der Waals surface area contributed by atoms with Crippen molar-refractivity contribution in [1.82, 2.24) is 9.88 Å². The number of piperidine rings is 1. The van der Waals surface area contributed by atoms with Crippen LogP contribution < -0.4 is 5.32 Å². The summed E-state index contributed by atoms with van der Waals surface area (Å²) in [7, 11) is 0. The van der Waals surface area contributed by atoms with Gasteiger partial charge >= 0.3 is 0 Å². The SMILES string of the molecule is N#C/C(=C/Nc1cccnc1Cl)C(=O)N1CCCCC1. The maximum absolute atomic E-state index is 12.2. The summed E-state index contributed by atoms with van der Waals surface area (Å²) in [5.74, 6) is -0.236. The normalized spacial score (nSPS) is 15.6. The van der Waals surface area contributed by atoms with Gasteiger partial charge in [-0.3, -0.25) is 4.79 Å². The summed E-state index contributed by atoms with van der Waals surface area (Å²) in [4.78, 5) is 17.8. The second-order valence-corrected chi connectivity index (χ2v) is 4.87. The van der Waals surface area contributed by atoms with Crippen molar-refractivity contribution < 1.29 is 4.79 Å². The number of pyridine rings is 1. The second kappa shape index (κ2) is 6.92. The molecule has 1 aliphatic rings. The molecular formula is C14H15ClN4O. The van der Waals surface area contributed by atoms with E-state index in [1.165, 1.54) is 6.20 Å². The minimum atomic E-state index is -0.236. The number of rotatable bonds is 3. The molecule has 20 heavy (non-hydrogen) atoms. The van der Waals surface area contributed by atoms with E-state index in [1.54, 1.807) is 23.2 Å². The van der Waals surface area contributed by atoms with Gasteiger partial charge in [0.05, 0.1) is 5.69 Å². The van der Waals surface area contributed by atoms with Crippen molar-refractivity contribution in [3.8, 4) is 6.07 Å². The number of nitriles is 1. The van der Waals surface area contributed by atoms with Gasteiger partial charge in [-0.05, 0) is 31.4 Å². The zero-order chi connectivity index (χ0) is 14.4. The van der Waals surface area contributed by atoms with Crippen molar-refractivity contribution in [1.29, 1.82) is 5.26 Å². The highest BCUT2D eigenvalue weighted by atomic mass is 35.5. The van der Waals surface area contributed by atoms with Crippen molar-refractivity contribution in [3.05, 3.63) is 35.3 Å². The number of aromatic nitrogens is 1. The first-order valence-electron chi connectivity index (χ1n) is 6.49. The molecule has 104 valence electrons. The van der Waals surface area contributed by atoms with Gasteiger partial charge in [-0.1, -0.05) is 11.6 Å². The quantitative estimate of drug-likeness (QED) is 0.528. The number of hydrogen-bond donors (Lipinski definition) is 1. The number of hydrogen-bond acceptors (Lipinski definition) is 4. The molecule has 1 aromatic rings. The maximum Gasteiger partial charge on any atom is 0.266 e. The van der Waals surface area contributed by atoms with Crippen LogP contribution in [0.5, 0.6) is 0 Å². The lowest BCUT2D eigenvalue weighted by atomic mass is 10.1. The molecule has 6 heteroatoms. The van der Waals surface area contributed by atoms with Crippen LogP contribution in [0.15, 0.2) is 30.1 Å². The number of carbonyl (C=O) groups is 1. The summed E-state index contributed by atoms with van der Waals surface area (Å²) in [5.41, 5.74) is 0.639. The van der Waals surface area contributed by atoms with E-state index in [0.29, 0.717) is 23.9 Å². The maximum atomic E-state index is 12.2. The highest BCUT2D eigenvalue weighted by molar-refractivity contribution is 6.32. The molecule has 2 heterocycles. The van der Waals surface area contributed by atoms with E-state index in [1.807, 2.05) is 6.07 Å². The van der Waals surface area contributed by atoms with E-state index >= 15 is 0 Å². The third-order valence-electron chi connectivity index (χ3n) is 3.13. The average Bonchev–Trinajstić information content (AvgIpc) is 2.50. The molecule has 1 N–H and O–H groups in total. The van der Waals surface area contributed by atoms with Gasteiger partial charge in [0, 0.05) is 25.5 Å². The molecule has 0 bridgehead atoms. The molecule has 0 unspecified atom stereocenters. The zero-order valence-electron chi connectivity index (χ0n) is 11.0. The fourth-order valence-corrected chi connectivity index (χ4v) is 2.23. The minimum Gasteiger partial charge on any atom is -0.358 e. The number of nitrogens with one attached hydrogen (secondary N) is 1. The predicted molar refractivity (Wildman–Crippen MR) is 77.0 cm³/mol. The molecule has 1 fully saturated rings. The van der Waals surface area contributed by atoms with Crippen LogP contribution in [0.1, 0.15) is 19.3 Å². The van der Waals surface area contributed by atoms with Crippen LogP contribution in [0.25, 0.3) is 0 Å². The molecule has 0 aliphatic carbocycles. The number of anilines is 1. The summed E-state index contributed by atoms with van der Waals surface area (Å²) in [5, 5.41) is 12.3. The fourth-order valence-electron chi connectivity index (χ4n) is 2.05. The van der Waals surface area contributed by atoms with E-state index in [2.05, 4.69) is 10.3 Å². The molecule has 1 aromatic heterocycles. The monoisotopic (exact) mass is 290 g/mol. The highest BCUT2D eigenvalue weighted by Crippen LogP contribution is 2.18. The Hall–Kier alpha value is -2.06. The molecule has 5 nitrogen and oxygen atoms in total. The third kappa shape index (κ3) is 3.49. The summed E-state index contributed by atoms with van der Waals surface area (Å²) < 4.78 is 0. The lowest BCUT2D eigenvalue weighted by Gasteiger charge is -2.26. The van der Waals surface area contributed by atoms with E-state index in [9.17, 15) is 4.79 Å². The summed E-state index contributed by atoms with van der Waals surface area (Å²) in [6, 6.07) is 5.38. The third-order valence-corrected chi connectivity index (χ3v) is 3.43. The smallest absolute Gasteiger partial charge is 0.266 e. The number of halogens is 1. The summed E-state index contributed by atoms with van der Waals surface area (Å²) >= 11 is 5.90. The first-order chi connectivity index (χ1) is 9.72. The van der Waals surface area contributed by atoms with E-state index in [4.69, 9.17) is 16.9 Å². The molecule has 0 aromatic carbocycles. The Balaban J connectivity index is 2.08. The molecular weight excluding hydrogens is 276 g/mol. The second-order valence-electron chi connectivity index (χ2n) is 4.51. The van der Waals surface area contributed by atoms with Gasteiger partial charge in [0.1, 0.15) is 11.6 Å². The first kappa shape index (κ1) is 14.4. The Kier molecular flexibility index (Phi) is 4.97. The minimum absolute atomic E-state index is 0.0758. The molecule has 2 rings (SSSR count). The van der Waals surface area contributed by atoms with Crippen molar-refractivity contribution in [2.45, 2.75) is 19.3 Å². The molecule has 0 atom stereocenters. The van der Waals surface area contributed by atoms with Gasteiger partial charge in [0.2, 0.25) is 0 Å². The largest absolute Gasteiger partial charge is 0.358 e. The summed E-state index contributed by atoms with van der Waals surface area (Å²) in [6.07, 6.45) is 6.08. The Morgan fingerprint density at radius 3 is 2.85 bits per heavy atom. The summed E-state index contributed by atoms with van der Waals surface area (Å²) in [6.45, 7) is 1.43. The van der Waals surface area contributed by atoms with Crippen molar-refractivity contribution in [2.24, 2.45) is 0 Å². The van der Waals surface area contributed by atoms with Gasteiger partial charge in [-0.2, -0.15) is 5.26 Å². The Labute approximate surface area is 122 Å². The van der Waals surface area contributed by atoms with Crippen LogP contribution in [0.3, 0.4) is 0 Å². The number of carbonyl (C=O) groups excluding carboxylic acids is 1. The molecule has 1 aliphatic heterocycles. The molecule has 0 radical (unpaired) electrons. The fraction of sp³-hybridized carbons (Fsp3) is 0.357. The van der Waals surface area contributed by atoms with Crippen LogP contribution in [-0.2, 0) is 4.79 Å². The van der Waals surface area contributed by atoms with Crippen molar-refractivity contribution in [3.63, 3.8) is 0 Å². The van der Waals surface area contributed by atoms with Crippen LogP contribution in [0.2, 0.25) is 5.15 Å². The van der Waals surface area contributed by atoms with Gasteiger partial charge < -0.3 is 10.2 Å². The molecule has 1 saturated heterocycles. The van der Waals surface area contributed by atoms with Crippen LogP contribution >= 0.6 is 11.6 Å². The van der Waals surface area contributed by atoms with E-state index in [0.717, 1.165) is 19.3 Å². The standard InChI is InChI=1S/C14H15ClN4O/c15-13-12(5-4-6-17-13)18-10-11(9-16)14(20)19-7-2-1-3-8-19/h4-6,10,18H,1-3,7-8H2/b11-10-. The Morgan fingerprint density at radius 1 is 1.45 bits per heavy atom. The van der Waals surface area contributed by atoms with Crippen LogP contribution in [0.4, 0.5) is 5.69 Å². The predicted octanol–water partition coefficient (Wildman–Crippen LogP) is 2.57. The lowest BCUT2D eigenvalue weighted by molar-refractivity contribution is -0.127. The van der Waals surface area contributed by atoms with Gasteiger partial charge in [0.25, 0.3) is 5.91 Å². The van der Waals surface area contributed by atoms with Crippen molar-refractivity contribution >= 4 is 23.2 Å². The van der Waals surface area contributed by atoms with Gasteiger partial charge in [-0.25, -0.2) is 4.98 Å². The van der Waals surface area contributed by atoms with E-state index < -0.39 is 0 Å². The molecule has 0 saturated carbocycles. The van der Waals surface area contributed by atoms with E-state index in [-0.39, 0.29) is 11.5 Å². The Morgan fingerprint density at radius 2 is 2.20 bits per heavy atom. The first-order valence-corrected chi connectivity index (χ1v) is 6.87. The molecule has 0 spiro atoms. The van der Waals surface area contributed by atoms with Crippen LogP contribution in [-0.4, -0.2) is 28.9 Å². The number of likely N-dealkylation sites (tertiary alicyclic amines) is 1. The zero-order valence-corrected chi connectivity index (χ0v) is 11.7.